The normalized spacial score (nSPS) is 12.7. The summed E-state index contributed by atoms with van der Waals surface area (Å²) < 4.78 is 14.5. The third-order valence-corrected chi connectivity index (χ3v) is 5.04. The molecule has 1 amide bonds. The van der Waals surface area contributed by atoms with Crippen LogP contribution < -0.4 is 16.8 Å². The molecule has 0 heterocycles. The molecule has 0 spiro atoms. The molecule has 144 valence electrons. The molecule has 1 atom stereocenters. The topological polar surface area (TPSA) is 93.5 Å². The van der Waals surface area contributed by atoms with Crippen LogP contribution in [0, 0.1) is 5.82 Å². The minimum Gasteiger partial charge on any atom is -0.398 e. The Morgan fingerprint density at radius 2 is 2.00 bits per heavy atom. The molecule has 0 aromatic heterocycles. The first-order valence-corrected chi connectivity index (χ1v) is 9.03. The third-order valence-electron chi connectivity index (χ3n) is 4.26. The van der Waals surface area contributed by atoms with E-state index in [1.165, 1.54) is 12.1 Å². The molecule has 8 heteroatoms. The number of rotatable bonds is 6. The summed E-state index contributed by atoms with van der Waals surface area (Å²) in [6, 6.07) is 7.98. The summed E-state index contributed by atoms with van der Waals surface area (Å²) in [4.78, 5) is 16.9. The average molecular weight is 411 g/mol. The quantitative estimate of drug-likeness (QED) is 0.377. The molecule has 1 unspecified atom stereocenters. The lowest BCUT2D eigenvalue weighted by molar-refractivity contribution is -0.117. The van der Waals surface area contributed by atoms with Crippen LogP contribution in [-0.2, 0) is 4.79 Å². The summed E-state index contributed by atoms with van der Waals surface area (Å²) in [6.07, 6.45) is 0.248. The van der Waals surface area contributed by atoms with E-state index in [0.29, 0.717) is 16.9 Å². The van der Waals surface area contributed by atoms with Gasteiger partial charge in [0, 0.05) is 35.3 Å². The van der Waals surface area contributed by atoms with E-state index in [1.54, 1.807) is 25.2 Å². The molecule has 2 aromatic carbocycles. The Bertz CT molecular complexity index is 886. The highest BCUT2D eigenvalue weighted by Gasteiger charge is 2.25. The van der Waals surface area contributed by atoms with Gasteiger partial charge in [-0.1, -0.05) is 29.3 Å². The van der Waals surface area contributed by atoms with Crippen molar-refractivity contribution < 1.29 is 9.18 Å². The maximum Gasteiger partial charge on any atom is 0.232 e. The van der Waals surface area contributed by atoms with E-state index in [1.807, 2.05) is 6.92 Å². The van der Waals surface area contributed by atoms with Gasteiger partial charge in [0.05, 0.1) is 16.0 Å². The number of hydrogen-bond acceptors (Lipinski definition) is 4. The molecule has 27 heavy (non-hydrogen) atoms. The van der Waals surface area contributed by atoms with Gasteiger partial charge in [-0.05, 0) is 44.2 Å². The first-order chi connectivity index (χ1) is 12.8. The number of aliphatic imine (C=N–C) groups is 1. The van der Waals surface area contributed by atoms with Crippen LogP contribution >= 0.6 is 23.2 Å². The maximum absolute atomic E-state index is 14.5. The molecule has 0 bridgehead atoms. The van der Waals surface area contributed by atoms with Gasteiger partial charge in [-0.25, -0.2) is 4.39 Å². The number of halogens is 3. The van der Waals surface area contributed by atoms with Crippen LogP contribution in [0.5, 0.6) is 0 Å². The van der Waals surface area contributed by atoms with Crippen molar-refractivity contribution in [1.82, 2.24) is 0 Å². The Kier molecular flexibility index (Phi) is 7.18. The van der Waals surface area contributed by atoms with E-state index < -0.39 is 17.6 Å². The lowest BCUT2D eigenvalue weighted by Gasteiger charge is -2.18. The second kappa shape index (κ2) is 9.17. The van der Waals surface area contributed by atoms with Crippen LogP contribution in [0.3, 0.4) is 0 Å². The molecule has 0 aliphatic rings. The lowest BCUT2D eigenvalue weighted by Crippen LogP contribution is -2.24. The summed E-state index contributed by atoms with van der Waals surface area (Å²) >= 11 is 11.7. The van der Waals surface area contributed by atoms with Crippen molar-refractivity contribution in [2.45, 2.75) is 19.3 Å². The molecule has 0 saturated heterocycles. The van der Waals surface area contributed by atoms with Gasteiger partial charge in [-0.15, -0.1) is 0 Å². The fourth-order valence-corrected chi connectivity index (χ4v) is 3.02. The third kappa shape index (κ3) is 4.77. The van der Waals surface area contributed by atoms with Crippen LogP contribution in [0.4, 0.5) is 15.8 Å². The number of nitrogens with two attached hydrogens (primary N) is 2. The number of nitrogens with zero attached hydrogens (tertiary/aromatic N) is 1. The molecular formula is C19H21Cl2FN4O. The van der Waals surface area contributed by atoms with E-state index in [9.17, 15) is 9.18 Å². The van der Waals surface area contributed by atoms with Crippen LogP contribution in [0.2, 0.25) is 10.0 Å². The van der Waals surface area contributed by atoms with Crippen molar-refractivity contribution in [3.8, 4) is 0 Å². The molecule has 5 N–H and O–H groups in total. The second-order valence-corrected chi connectivity index (χ2v) is 6.78. The number of hydrogen-bond donors (Lipinski definition) is 3. The van der Waals surface area contributed by atoms with Crippen molar-refractivity contribution in [3.05, 3.63) is 57.3 Å². The van der Waals surface area contributed by atoms with Gasteiger partial charge in [0.15, 0.2) is 0 Å². The molecule has 2 rings (SSSR count). The largest absolute Gasteiger partial charge is 0.398 e. The monoisotopic (exact) mass is 410 g/mol. The smallest absolute Gasteiger partial charge is 0.232 e. The van der Waals surface area contributed by atoms with Crippen LogP contribution in [0.1, 0.15) is 30.4 Å². The van der Waals surface area contributed by atoms with E-state index in [2.05, 4.69) is 10.3 Å². The molecule has 0 aliphatic carbocycles. The van der Waals surface area contributed by atoms with E-state index in [4.69, 9.17) is 34.7 Å². The Morgan fingerprint density at radius 1 is 1.30 bits per heavy atom. The van der Waals surface area contributed by atoms with Gasteiger partial charge in [-0.3, -0.25) is 9.79 Å². The van der Waals surface area contributed by atoms with Gasteiger partial charge < -0.3 is 16.8 Å². The number of benzene rings is 2. The number of carbonyl (C=O) groups excluding carboxylic acids is 1. The number of nitrogens with one attached hydrogen (secondary N) is 1. The maximum atomic E-state index is 14.5. The molecule has 2 aromatic rings. The summed E-state index contributed by atoms with van der Waals surface area (Å²) in [6.45, 7) is 2.02. The van der Waals surface area contributed by atoms with E-state index in [0.717, 1.165) is 5.71 Å². The predicted octanol–water partition coefficient (Wildman–Crippen LogP) is 4.22. The molecule has 0 fully saturated rings. The minimum absolute atomic E-state index is 0.0855. The zero-order valence-corrected chi connectivity index (χ0v) is 16.5. The Balaban J connectivity index is 2.35. The summed E-state index contributed by atoms with van der Waals surface area (Å²) in [5.41, 5.74) is 14.2. The number of anilines is 2. The predicted molar refractivity (Wildman–Crippen MR) is 110 cm³/mol. The first-order valence-electron chi connectivity index (χ1n) is 8.27. The summed E-state index contributed by atoms with van der Waals surface area (Å²) in [5, 5.41) is 2.66. The van der Waals surface area contributed by atoms with E-state index in [-0.39, 0.29) is 28.6 Å². The van der Waals surface area contributed by atoms with Crippen molar-refractivity contribution in [2.75, 3.05) is 24.6 Å². The lowest BCUT2D eigenvalue weighted by atomic mass is 9.94. The van der Waals surface area contributed by atoms with Gasteiger partial charge in [0.1, 0.15) is 5.82 Å². The SMILES string of the molecule is CN=C(C)c1cc(NC(=O)C(CCN)c2ccc(Cl)c(Cl)c2F)ccc1N. The number of nitrogen functional groups attached to an aromatic ring is 1. The average Bonchev–Trinajstić information content (AvgIpc) is 2.65. The van der Waals surface area contributed by atoms with Gasteiger partial charge >= 0.3 is 0 Å². The standard InChI is InChI=1S/C19H21Cl2FN4O/c1-10(25-2)14-9-11(3-6-16(14)24)26-19(27)13(7-8-23)12-4-5-15(20)17(21)18(12)22/h3-6,9,13H,7-8,23-24H2,1-2H3,(H,26,27). The fourth-order valence-electron chi connectivity index (χ4n) is 2.70. The van der Waals surface area contributed by atoms with Gasteiger partial charge in [-0.2, -0.15) is 0 Å². The molecule has 0 aliphatic heterocycles. The Labute approximate surface area is 167 Å². The van der Waals surface area contributed by atoms with Gasteiger partial charge in [0.2, 0.25) is 5.91 Å². The highest BCUT2D eigenvalue weighted by Crippen LogP contribution is 2.33. The number of carbonyl (C=O) groups is 1. The molecule has 5 nitrogen and oxygen atoms in total. The van der Waals surface area contributed by atoms with Crippen molar-refractivity contribution in [3.63, 3.8) is 0 Å². The zero-order chi connectivity index (χ0) is 20.1. The molecular weight excluding hydrogens is 390 g/mol. The van der Waals surface area contributed by atoms with Gasteiger partial charge in [0.25, 0.3) is 0 Å². The highest BCUT2D eigenvalue weighted by molar-refractivity contribution is 6.42. The Hall–Kier alpha value is -2.15. The molecule has 0 saturated carbocycles. The van der Waals surface area contributed by atoms with Crippen molar-refractivity contribution in [1.29, 1.82) is 0 Å². The second-order valence-electron chi connectivity index (χ2n) is 5.99. The van der Waals surface area contributed by atoms with Crippen LogP contribution in [-0.4, -0.2) is 25.2 Å². The highest BCUT2D eigenvalue weighted by atomic mass is 35.5. The summed E-state index contributed by atoms with van der Waals surface area (Å²) in [5.74, 6) is -1.93. The zero-order valence-electron chi connectivity index (χ0n) is 15.0. The first kappa shape index (κ1) is 21.2. The fraction of sp³-hybridized carbons (Fsp3) is 0.263. The van der Waals surface area contributed by atoms with Crippen LogP contribution in [0.15, 0.2) is 35.3 Å². The molecule has 0 radical (unpaired) electrons. The van der Waals surface area contributed by atoms with Crippen molar-refractivity contribution >= 4 is 46.2 Å². The van der Waals surface area contributed by atoms with Crippen molar-refractivity contribution in [2.24, 2.45) is 10.7 Å². The number of amides is 1. The minimum atomic E-state index is -0.813. The van der Waals surface area contributed by atoms with Crippen LogP contribution in [0.25, 0.3) is 0 Å². The Morgan fingerprint density at radius 3 is 2.63 bits per heavy atom. The van der Waals surface area contributed by atoms with E-state index >= 15 is 0 Å². The summed E-state index contributed by atoms with van der Waals surface area (Å²) in [7, 11) is 1.66.